The number of hydrogen-bond acceptors (Lipinski definition) is 3. The molecule has 0 aromatic carbocycles. The molecule has 26 heavy (non-hydrogen) atoms. The number of carbonyl (C=O) groups is 1. The lowest BCUT2D eigenvalue weighted by Gasteiger charge is -2.37. The minimum atomic E-state index is -7.59. The third-order valence-electron chi connectivity index (χ3n) is 2.73. The zero-order chi connectivity index (χ0) is 21.6. The first kappa shape index (κ1) is 24.7. The number of aliphatic hydroxyl groups is 1. The van der Waals surface area contributed by atoms with Crippen LogP contribution in [0.3, 0.4) is 0 Å². The van der Waals surface area contributed by atoms with Crippen molar-refractivity contribution in [2.75, 3.05) is 0 Å². The molecule has 0 aliphatic carbocycles. The summed E-state index contributed by atoms with van der Waals surface area (Å²) >= 11 is 0. The Morgan fingerprint density at radius 1 is 0.808 bits per heavy atom. The van der Waals surface area contributed by atoms with Gasteiger partial charge in [-0.2, -0.15) is 48.3 Å². The van der Waals surface area contributed by atoms with Gasteiger partial charge >= 0.3 is 35.8 Å². The molecule has 0 saturated carbocycles. The summed E-state index contributed by atoms with van der Waals surface area (Å²) in [5, 5.41) is 9.07. The Morgan fingerprint density at radius 2 is 1.19 bits per heavy atom. The van der Waals surface area contributed by atoms with E-state index in [9.17, 15) is 53.1 Å². The van der Waals surface area contributed by atoms with Crippen molar-refractivity contribution >= 4 is 5.97 Å². The van der Waals surface area contributed by atoms with Crippen LogP contribution in [0.1, 0.15) is 27.2 Å². The van der Waals surface area contributed by atoms with Crippen LogP contribution in [-0.4, -0.2) is 52.6 Å². The maximum atomic E-state index is 13.4. The molecule has 3 nitrogen and oxygen atoms in total. The molecule has 1 atom stereocenters. The van der Waals surface area contributed by atoms with Crippen molar-refractivity contribution in [3.63, 3.8) is 0 Å². The van der Waals surface area contributed by atoms with Crippen LogP contribution >= 0.6 is 0 Å². The predicted octanol–water partition coefficient (Wildman–Crippen LogP) is 4.18. The van der Waals surface area contributed by atoms with Crippen molar-refractivity contribution in [3.05, 3.63) is 0 Å². The van der Waals surface area contributed by atoms with E-state index in [0.717, 1.165) is 20.8 Å². The van der Waals surface area contributed by atoms with E-state index in [1.165, 1.54) is 0 Å². The highest BCUT2D eigenvalue weighted by molar-refractivity contribution is 5.74. The topological polar surface area (TPSA) is 46.5 Å². The van der Waals surface area contributed by atoms with Gasteiger partial charge in [0.25, 0.3) is 0 Å². The van der Waals surface area contributed by atoms with Crippen molar-refractivity contribution in [2.45, 2.75) is 68.8 Å². The van der Waals surface area contributed by atoms with E-state index >= 15 is 0 Å². The van der Waals surface area contributed by atoms with E-state index in [4.69, 9.17) is 5.11 Å². The Balaban J connectivity index is 5.72. The fourth-order valence-corrected chi connectivity index (χ4v) is 1.43. The monoisotopic (exact) mass is 414 g/mol. The lowest BCUT2D eigenvalue weighted by Crippen LogP contribution is -2.66. The van der Waals surface area contributed by atoms with Gasteiger partial charge in [0, 0.05) is 0 Å². The normalized spacial score (nSPS) is 16.4. The summed E-state index contributed by atoms with van der Waals surface area (Å²) in [6, 6.07) is 0. The molecule has 0 bridgehead atoms. The average molecular weight is 414 g/mol. The first-order chi connectivity index (χ1) is 11.0. The van der Waals surface area contributed by atoms with Crippen molar-refractivity contribution in [3.8, 4) is 0 Å². The van der Waals surface area contributed by atoms with Crippen molar-refractivity contribution < 1.29 is 62.9 Å². The molecule has 0 spiro atoms. The SMILES string of the molecule is CC(C)(C)OC(=O)C(O)CC(F)(F)C(F)(F)C(F)(F)C(F)(F)C(F)(F)F. The molecule has 0 rings (SSSR count). The van der Waals surface area contributed by atoms with Crippen LogP contribution in [0.5, 0.6) is 0 Å². The van der Waals surface area contributed by atoms with Crippen LogP contribution in [0.25, 0.3) is 0 Å². The molecule has 0 radical (unpaired) electrons. The van der Waals surface area contributed by atoms with Crippen LogP contribution in [0.15, 0.2) is 0 Å². The predicted molar refractivity (Wildman–Crippen MR) is 62.3 cm³/mol. The fraction of sp³-hybridized carbons (Fsp3) is 0.917. The average Bonchev–Trinajstić information content (AvgIpc) is 2.33. The lowest BCUT2D eigenvalue weighted by molar-refractivity contribution is -0.423. The molecular weight excluding hydrogens is 401 g/mol. The fourth-order valence-electron chi connectivity index (χ4n) is 1.43. The third-order valence-corrected chi connectivity index (χ3v) is 2.73. The van der Waals surface area contributed by atoms with Crippen molar-refractivity contribution in [1.82, 2.24) is 0 Å². The molecule has 0 aromatic rings. The van der Waals surface area contributed by atoms with Gasteiger partial charge < -0.3 is 9.84 Å². The second kappa shape index (κ2) is 6.68. The van der Waals surface area contributed by atoms with Gasteiger partial charge in [0.2, 0.25) is 0 Å². The number of alkyl halides is 11. The highest BCUT2D eigenvalue weighted by Crippen LogP contribution is 2.58. The lowest BCUT2D eigenvalue weighted by atomic mass is 9.94. The van der Waals surface area contributed by atoms with E-state index in [1.54, 1.807) is 0 Å². The molecule has 0 saturated heterocycles. The summed E-state index contributed by atoms with van der Waals surface area (Å²) in [6.07, 6.45) is -13.4. The number of aliphatic hydroxyl groups excluding tert-OH is 1. The minimum Gasteiger partial charge on any atom is -0.458 e. The van der Waals surface area contributed by atoms with E-state index in [2.05, 4.69) is 4.74 Å². The van der Waals surface area contributed by atoms with Gasteiger partial charge in [0.1, 0.15) is 5.60 Å². The number of ether oxygens (including phenoxy) is 1. The molecule has 14 heteroatoms. The molecule has 1 N–H and O–H groups in total. The number of halogens is 11. The van der Waals surface area contributed by atoms with Crippen LogP contribution < -0.4 is 0 Å². The number of hydrogen-bond donors (Lipinski definition) is 1. The van der Waals surface area contributed by atoms with Gasteiger partial charge in [-0.05, 0) is 20.8 Å². The number of rotatable bonds is 6. The molecule has 0 fully saturated rings. The van der Waals surface area contributed by atoms with Gasteiger partial charge in [0.05, 0.1) is 6.42 Å². The summed E-state index contributed by atoms with van der Waals surface area (Å²) in [4.78, 5) is 11.2. The van der Waals surface area contributed by atoms with Crippen LogP contribution in [0.4, 0.5) is 48.3 Å². The molecular formula is C12H13F11O3. The third kappa shape index (κ3) is 4.49. The molecule has 0 aliphatic heterocycles. The molecule has 0 aliphatic rings. The first-order valence-electron chi connectivity index (χ1n) is 6.50. The Bertz CT molecular complexity index is 519. The van der Waals surface area contributed by atoms with Crippen molar-refractivity contribution in [2.24, 2.45) is 0 Å². The summed E-state index contributed by atoms with van der Waals surface area (Å²) in [7, 11) is 0. The van der Waals surface area contributed by atoms with E-state index < -0.39 is 54.0 Å². The second-order valence-electron chi connectivity index (χ2n) is 6.18. The maximum Gasteiger partial charge on any atom is 0.460 e. The standard InChI is InChI=1S/C12H13F11O3/c1-7(2,3)26-6(25)5(24)4-8(13,14)9(15,16)10(17,18)11(19,20)12(21,22)23/h5,24H,4H2,1-3H3. The Labute approximate surface area is 139 Å². The summed E-state index contributed by atoms with van der Waals surface area (Å²) in [6.45, 7) is 3.42. The minimum absolute atomic E-state index is 1.14. The maximum absolute atomic E-state index is 13.4. The van der Waals surface area contributed by atoms with E-state index in [-0.39, 0.29) is 0 Å². The summed E-state index contributed by atoms with van der Waals surface area (Å²) in [5.74, 6) is -30.7. The quantitative estimate of drug-likeness (QED) is 0.524. The van der Waals surface area contributed by atoms with E-state index in [1.807, 2.05) is 0 Å². The Morgan fingerprint density at radius 3 is 1.50 bits per heavy atom. The Kier molecular flexibility index (Phi) is 6.33. The van der Waals surface area contributed by atoms with Gasteiger partial charge in [-0.15, -0.1) is 0 Å². The van der Waals surface area contributed by atoms with Crippen molar-refractivity contribution in [1.29, 1.82) is 0 Å². The zero-order valence-corrected chi connectivity index (χ0v) is 13.2. The largest absolute Gasteiger partial charge is 0.460 e. The van der Waals surface area contributed by atoms with Gasteiger partial charge in [-0.3, -0.25) is 0 Å². The number of carbonyl (C=O) groups excluding carboxylic acids is 1. The molecule has 1 unspecified atom stereocenters. The molecule has 0 aromatic heterocycles. The van der Waals surface area contributed by atoms with Crippen LogP contribution in [0, 0.1) is 0 Å². The van der Waals surface area contributed by atoms with E-state index in [0.29, 0.717) is 0 Å². The highest BCUT2D eigenvalue weighted by atomic mass is 19.4. The van der Waals surface area contributed by atoms with Gasteiger partial charge in [0.15, 0.2) is 6.10 Å². The van der Waals surface area contributed by atoms with Crippen LogP contribution in [0.2, 0.25) is 0 Å². The molecule has 156 valence electrons. The number of esters is 1. The van der Waals surface area contributed by atoms with Crippen LogP contribution in [-0.2, 0) is 9.53 Å². The molecule has 0 heterocycles. The second-order valence-corrected chi connectivity index (χ2v) is 6.18. The molecule has 0 amide bonds. The summed E-state index contributed by atoms with van der Waals surface area (Å²) in [5.41, 5.74) is -1.44. The highest BCUT2D eigenvalue weighted by Gasteiger charge is 2.87. The van der Waals surface area contributed by atoms with Gasteiger partial charge in [-0.1, -0.05) is 0 Å². The first-order valence-corrected chi connectivity index (χ1v) is 6.50. The summed E-state index contributed by atoms with van der Waals surface area (Å²) < 4.78 is 144. The smallest absolute Gasteiger partial charge is 0.458 e. The Hall–Kier alpha value is -1.34. The van der Waals surface area contributed by atoms with Gasteiger partial charge in [-0.25, -0.2) is 4.79 Å². The zero-order valence-electron chi connectivity index (χ0n) is 13.2.